The molecular weight excluding hydrogens is 476 g/mol. The van der Waals surface area contributed by atoms with Crippen LogP contribution in [0.2, 0.25) is 18.1 Å². The number of allylic oxidation sites excluding steroid dienone is 1. The van der Waals surface area contributed by atoms with Gasteiger partial charge >= 0.3 is 11.8 Å². The lowest BCUT2D eigenvalue weighted by Gasteiger charge is -2.46. The van der Waals surface area contributed by atoms with E-state index >= 15 is 0 Å². The fraction of sp³-hybridized carbons (Fsp3) is 0.281. The van der Waals surface area contributed by atoms with Gasteiger partial charge in [0.1, 0.15) is 5.76 Å². The van der Waals surface area contributed by atoms with Crippen molar-refractivity contribution in [2.75, 3.05) is 6.61 Å². The molecule has 0 N–H and O–H groups in total. The third-order valence-corrected chi connectivity index (χ3v) is 11.3. The average molecular weight is 511 g/mol. The lowest BCUT2D eigenvalue weighted by molar-refractivity contribution is -0.206. The van der Waals surface area contributed by atoms with Gasteiger partial charge < -0.3 is 13.9 Å². The van der Waals surface area contributed by atoms with Gasteiger partial charge in [0.25, 0.3) is 0 Å². The van der Waals surface area contributed by atoms with Gasteiger partial charge in [-0.1, -0.05) is 105 Å². The van der Waals surface area contributed by atoms with Crippen molar-refractivity contribution in [2.24, 2.45) is 0 Å². The van der Waals surface area contributed by atoms with Gasteiger partial charge in [0, 0.05) is 22.3 Å². The molecule has 0 saturated heterocycles. The van der Waals surface area contributed by atoms with Crippen LogP contribution in [0, 0.1) is 11.8 Å². The molecule has 5 heteroatoms. The van der Waals surface area contributed by atoms with Crippen LogP contribution >= 0.6 is 0 Å². The number of carbonyl (C=O) groups excluding carboxylic acids is 1. The summed E-state index contributed by atoms with van der Waals surface area (Å²) in [6.07, 6.45) is 0. The fourth-order valence-electron chi connectivity index (χ4n) is 3.94. The van der Waals surface area contributed by atoms with Crippen molar-refractivity contribution >= 4 is 25.6 Å². The van der Waals surface area contributed by atoms with Gasteiger partial charge in [-0.05, 0) is 37.2 Å². The highest BCUT2D eigenvalue weighted by Crippen LogP contribution is 2.50. The number of ether oxygens (including phenoxy) is 2. The van der Waals surface area contributed by atoms with Crippen molar-refractivity contribution in [1.29, 1.82) is 0 Å². The van der Waals surface area contributed by atoms with Gasteiger partial charge in [-0.25, -0.2) is 4.79 Å². The van der Waals surface area contributed by atoms with Crippen LogP contribution in [0.3, 0.4) is 0 Å². The molecule has 0 spiro atoms. The van der Waals surface area contributed by atoms with E-state index in [-0.39, 0.29) is 11.6 Å². The second-order valence-electron chi connectivity index (χ2n) is 10.5. The van der Waals surface area contributed by atoms with Gasteiger partial charge in [-0.15, -0.1) is 0 Å². The number of carbonyl (C=O) groups is 1. The van der Waals surface area contributed by atoms with Crippen molar-refractivity contribution in [1.82, 2.24) is 0 Å². The van der Waals surface area contributed by atoms with Crippen LogP contribution < -0.4 is 0 Å². The normalized spacial score (nSPS) is 17.2. The van der Waals surface area contributed by atoms with E-state index in [4.69, 9.17) is 13.9 Å². The zero-order chi connectivity index (χ0) is 26.7. The number of esters is 1. The van der Waals surface area contributed by atoms with Gasteiger partial charge in [0.2, 0.25) is 0 Å². The molecule has 0 fully saturated rings. The quantitative estimate of drug-likeness (QED) is 0.204. The van der Waals surface area contributed by atoms with E-state index in [2.05, 4.69) is 45.7 Å². The van der Waals surface area contributed by atoms with Crippen molar-refractivity contribution in [2.45, 2.75) is 51.6 Å². The summed E-state index contributed by atoms with van der Waals surface area (Å²) in [5.74, 6) is 4.81. The highest BCUT2D eigenvalue weighted by Gasteiger charge is 2.56. The van der Waals surface area contributed by atoms with E-state index in [1.54, 1.807) is 6.92 Å². The van der Waals surface area contributed by atoms with Gasteiger partial charge in [-0.2, -0.15) is 0 Å². The predicted molar refractivity (Wildman–Crippen MR) is 151 cm³/mol. The first-order valence-electron chi connectivity index (χ1n) is 12.6. The molecule has 0 saturated carbocycles. The molecule has 190 valence electrons. The second kappa shape index (κ2) is 10.4. The molecule has 4 nitrogen and oxygen atoms in total. The van der Waals surface area contributed by atoms with Crippen LogP contribution in [0.1, 0.15) is 49.9 Å². The third kappa shape index (κ3) is 5.27. The Morgan fingerprint density at radius 1 is 0.892 bits per heavy atom. The van der Waals surface area contributed by atoms with Crippen LogP contribution in [0.25, 0.3) is 11.3 Å². The van der Waals surface area contributed by atoms with Crippen molar-refractivity contribution < 1.29 is 18.7 Å². The van der Waals surface area contributed by atoms with Crippen LogP contribution in [0.4, 0.5) is 0 Å². The highest BCUT2D eigenvalue weighted by molar-refractivity contribution is 6.74. The van der Waals surface area contributed by atoms with Gasteiger partial charge in [0.15, 0.2) is 8.32 Å². The molecule has 3 aromatic carbocycles. The highest BCUT2D eigenvalue weighted by atomic mass is 28.4. The SMILES string of the molecule is CCOC(=O)C1(O[Si](C)(C)C(C)(C)C)OC(c2ccccc2)=C(C#Cc2ccccc2)c2ccccc21. The Hall–Kier alpha value is -3.59. The second-order valence-corrected chi connectivity index (χ2v) is 15.3. The molecule has 1 atom stereocenters. The molecule has 0 radical (unpaired) electrons. The Balaban J connectivity index is 2.01. The Morgan fingerprint density at radius 2 is 1.49 bits per heavy atom. The summed E-state index contributed by atoms with van der Waals surface area (Å²) in [6.45, 7) is 12.6. The molecule has 3 aromatic rings. The Kier molecular flexibility index (Phi) is 7.45. The molecule has 1 unspecified atom stereocenters. The largest absolute Gasteiger partial charge is 0.461 e. The number of fused-ring (bicyclic) bond motifs is 1. The Labute approximate surface area is 221 Å². The van der Waals surface area contributed by atoms with Crippen molar-refractivity contribution in [3.8, 4) is 11.8 Å². The summed E-state index contributed by atoms with van der Waals surface area (Å²) < 4.78 is 19.3. The molecular formula is C32H34O4Si. The van der Waals surface area contributed by atoms with E-state index in [1.165, 1.54) is 0 Å². The van der Waals surface area contributed by atoms with E-state index in [0.29, 0.717) is 16.9 Å². The van der Waals surface area contributed by atoms with E-state index < -0.39 is 20.1 Å². The molecule has 1 aliphatic rings. The van der Waals surface area contributed by atoms with Crippen molar-refractivity contribution in [3.05, 3.63) is 107 Å². The first-order chi connectivity index (χ1) is 17.6. The van der Waals surface area contributed by atoms with E-state index in [9.17, 15) is 4.79 Å². The Morgan fingerprint density at radius 3 is 2.11 bits per heavy atom. The summed E-state index contributed by atoms with van der Waals surface area (Å²) in [5, 5.41) is -0.172. The van der Waals surface area contributed by atoms with Gasteiger partial charge in [-0.3, -0.25) is 0 Å². The van der Waals surface area contributed by atoms with Crippen LogP contribution in [-0.2, 0) is 24.5 Å². The maximum Gasteiger partial charge on any atom is 0.384 e. The topological polar surface area (TPSA) is 44.8 Å². The molecule has 4 rings (SSSR count). The minimum atomic E-state index is -2.53. The molecule has 0 aliphatic carbocycles. The molecule has 0 amide bonds. The standard InChI is InChI=1S/C32H34O4Si/c1-7-34-30(33)32(36-37(5,6)31(2,3)4)28-21-15-14-20-26(28)27(23-22-24-16-10-8-11-17-24)29(35-32)25-18-12-9-13-19-25/h8-21H,7H2,1-6H3. The predicted octanol–water partition coefficient (Wildman–Crippen LogP) is 7.37. The zero-order valence-corrected chi connectivity index (χ0v) is 23.4. The summed E-state index contributed by atoms with van der Waals surface area (Å²) in [4.78, 5) is 13.8. The third-order valence-electron chi connectivity index (χ3n) is 6.91. The number of benzene rings is 3. The monoisotopic (exact) mass is 510 g/mol. The maximum absolute atomic E-state index is 13.8. The van der Waals surface area contributed by atoms with Crippen molar-refractivity contribution in [3.63, 3.8) is 0 Å². The van der Waals surface area contributed by atoms with Crippen LogP contribution in [0.15, 0.2) is 84.9 Å². The summed E-state index contributed by atoms with van der Waals surface area (Å²) in [6, 6.07) is 27.2. The lowest BCUT2D eigenvalue weighted by Crippen LogP contribution is -2.54. The van der Waals surface area contributed by atoms with Crippen LogP contribution in [0.5, 0.6) is 0 Å². The van der Waals surface area contributed by atoms with E-state index in [1.807, 2.05) is 84.9 Å². The molecule has 0 aromatic heterocycles. The fourth-order valence-corrected chi connectivity index (χ4v) is 5.20. The minimum Gasteiger partial charge on any atom is -0.461 e. The number of rotatable bonds is 5. The molecule has 37 heavy (non-hydrogen) atoms. The zero-order valence-electron chi connectivity index (χ0n) is 22.4. The van der Waals surface area contributed by atoms with E-state index in [0.717, 1.165) is 16.7 Å². The number of hydrogen-bond donors (Lipinski definition) is 0. The maximum atomic E-state index is 13.8. The summed E-state index contributed by atoms with van der Waals surface area (Å²) in [7, 11) is -2.53. The lowest BCUT2D eigenvalue weighted by atomic mass is 9.89. The Bertz CT molecular complexity index is 1360. The first-order valence-corrected chi connectivity index (χ1v) is 15.5. The summed E-state index contributed by atoms with van der Waals surface area (Å²) in [5.41, 5.74) is 3.80. The summed E-state index contributed by atoms with van der Waals surface area (Å²) >= 11 is 0. The van der Waals surface area contributed by atoms with Gasteiger partial charge in [0.05, 0.1) is 12.2 Å². The smallest absolute Gasteiger partial charge is 0.384 e. The number of hydrogen-bond acceptors (Lipinski definition) is 4. The molecule has 1 aliphatic heterocycles. The first kappa shape index (κ1) is 26.5. The molecule has 0 bridgehead atoms. The minimum absolute atomic E-state index is 0.172. The van der Waals surface area contributed by atoms with Crippen LogP contribution in [-0.4, -0.2) is 20.9 Å². The average Bonchev–Trinajstić information content (AvgIpc) is 2.88. The molecule has 1 heterocycles.